The zero-order valence-electron chi connectivity index (χ0n) is 14.7. The Balaban J connectivity index is 2.16. The molecule has 2 aromatic rings. The molecule has 0 saturated carbocycles. The number of fused-ring (bicyclic) bond motifs is 1. The van der Waals surface area contributed by atoms with Crippen LogP contribution in [0.1, 0.15) is 68.3 Å². The molecule has 0 bridgehead atoms. The second kappa shape index (κ2) is 9.26. The minimum absolute atomic E-state index is 0.248. The van der Waals surface area contributed by atoms with Crippen molar-refractivity contribution in [2.75, 3.05) is 7.11 Å². The molecule has 4 nitrogen and oxygen atoms in total. The lowest BCUT2D eigenvalue weighted by molar-refractivity contribution is -0.144. The van der Waals surface area contributed by atoms with Gasteiger partial charge >= 0.3 is 5.97 Å². The van der Waals surface area contributed by atoms with E-state index in [4.69, 9.17) is 4.74 Å². The average molecular weight is 329 g/mol. The monoisotopic (exact) mass is 329 g/mol. The van der Waals surface area contributed by atoms with Gasteiger partial charge in [-0.2, -0.15) is 0 Å². The number of para-hydroxylation sites is 1. The highest BCUT2D eigenvalue weighted by atomic mass is 16.5. The minimum atomic E-state index is -0.375. The predicted molar refractivity (Wildman–Crippen MR) is 96.4 cm³/mol. The highest BCUT2D eigenvalue weighted by molar-refractivity contribution is 5.98. The number of hydrogen-bond donors (Lipinski definition) is 0. The molecule has 1 atom stereocenters. The summed E-state index contributed by atoms with van der Waals surface area (Å²) in [5.41, 5.74) is 1.52. The highest BCUT2D eigenvalue weighted by Crippen LogP contribution is 2.27. The van der Waals surface area contributed by atoms with E-state index in [0.717, 1.165) is 36.5 Å². The second-order valence-corrected chi connectivity index (χ2v) is 6.22. The standard InChI is InChI=1S/C20H27NO3/c1-3-4-5-6-7-8-13-19(20(23)24-2)21-14-16(15-22)17-11-9-10-12-18(17)21/h9-12,14-15,19H,3-8,13H2,1-2H3. The van der Waals surface area contributed by atoms with E-state index in [-0.39, 0.29) is 12.0 Å². The highest BCUT2D eigenvalue weighted by Gasteiger charge is 2.23. The number of aldehydes is 1. The first-order valence-electron chi connectivity index (χ1n) is 8.85. The van der Waals surface area contributed by atoms with Gasteiger partial charge in [-0.1, -0.05) is 63.6 Å². The number of ether oxygens (including phenoxy) is 1. The summed E-state index contributed by atoms with van der Waals surface area (Å²) in [7, 11) is 1.42. The lowest BCUT2D eigenvalue weighted by Gasteiger charge is -2.18. The molecule has 24 heavy (non-hydrogen) atoms. The van der Waals surface area contributed by atoms with E-state index in [2.05, 4.69) is 6.92 Å². The number of esters is 1. The van der Waals surface area contributed by atoms with Crippen LogP contribution >= 0.6 is 0 Å². The van der Waals surface area contributed by atoms with Gasteiger partial charge in [0.15, 0.2) is 6.29 Å². The number of benzene rings is 1. The van der Waals surface area contributed by atoms with Gasteiger partial charge in [-0.15, -0.1) is 0 Å². The summed E-state index contributed by atoms with van der Waals surface area (Å²) in [6.07, 6.45) is 10.4. The third kappa shape index (κ3) is 4.25. The van der Waals surface area contributed by atoms with Crippen LogP contribution in [0.3, 0.4) is 0 Å². The van der Waals surface area contributed by atoms with Gasteiger partial charge in [0.1, 0.15) is 6.04 Å². The van der Waals surface area contributed by atoms with Crippen molar-refractivity contribution in [3.63, 3.8) is 0 Å². The lowest BCUT2D eigenvalue weighted by atomic mass is 10.1. The number of aromatic nitrogens is 1. The number of hydrogen-bond acceptors (Lipinski definition) is 3. The van der Waals surface area contributed by atoms with Crippen molar-refractivity contribution >= 4 is 23.2 Å². The van der Waals surface area contributed by atoms with Crippen LogP contribution in [-0.2, 0) is 9.53 Å². The number of carbonyl (C=O) groups excluding carboxylic acids is 2. The second-order valence-electron chi connectivity index (χ2n) is 6.22. The van der Waals surface area contributed by atoms with E-state index in [0.29, 0.717) is 5.56 Å². The van der Waals surface area contributed by atoms with Gasteiger partial charge in [0.25, 0.3) is 0 Å². The molecular formula is C20H27NO3. The van der Waals surface area contributed by atoms with Crippen molar-refractivity contribution in [1.29, 1.82) is 0 Å². The van der Waals surface area contributed by atoms with Crippen LogP contribution in [0.25, 0.3) is 10.9 Å². The fourth-order valence-corrected chi connectivity index (χ4v) is 3.21. The minimum Gasteiger partial charge on any atom is -0.467 e. The zero-order valence-corrected chi connectivity index (χ0v) is 14.7. The lowest BCUT2D eigenvalue weighted by Crippen LogP contribution is -2.20. The van der Waals surface area contributed by atoms with Crippen molar-refractivity contribution in [2.45, 2.75) is 57.9 Å². The van der Waals surface area contributed by atoms with E-state index >= 15 is 0 Å². The molecule has 0 spiro atoms. The maximum Gasteiger partial charge on any atom is 0.328 e. The Hall–Kier alpha value is -2.10. The van der Waals surface area contributed by atoms with Crippen molar-refractivity contribution in [3.8, 4) is 0 Å². The molecule has 0 amide bonds. The number of nitrogens with zero attached hydrogens (tertiary/aromatic N) is 1. The molecular weight excluding hydrogens is 302 g/mol. The molecule has 1 aromatic heterocycles. The maximum absolute atomic E-state index is 12.3. The molecule has 0 aliphatic rings. The number of rotatable bonds is 10. The Morgan fingerprint density at radius 1 is 1.17 bits per heavy atom. The van der Waals surface area contributed by atoms with Crippen molar-refractivity contribution in [1.82, 2.24) is 4.57 Å². The van der Waals surface area contributed by atoms with Gasteiger partial charge < -0.3 is 9.30 Å². The molecule has 0 aliphatic carbocycles. The molecule has 130 valence electrons. The first kappa shape index (κ1) is 18.2. The number of carbonyl (C=O) groups is 2. The van der Waals surface area contributed by atoms with Gasteiger partial charge in [0, 0.05) is 22.7 Å². The Labute approximate surface area is 143 Å². The third-order valence-electron chi connectivity index (χ3n) is 4.54. The fourth-order valence-electron chi connectivity index (χ4n) is 3.21. The van der Waals surface area contributed by atoms with Crippen LogP contribution in [0.15, 0.2) is 30.5 Å². The van der Waals surface area contributed by atoms with Crippen LogP contribution in [0.5, 0.6) is 0 Å². The van der Waals surface area contributed by atoms with E-state index in [1.807, 2.05) is 28.8 Å². The third-order valence-corrected chi connectivity index (χ3v) is 4.54. The van der Waals surface area contributed by atoms with Gasteiger partial charge in [0.2, 0.25) is 0 Å². The molecule has 0 radical (unpaired) electrons. The van der Waals surface area contributed by atoms with E-state index in [1.165, 1.54) is 32.8 Å². The summed E-state index contributed by atoms with van der Waals surface area (Å²) in [6.45, 7) is 2.20. The molecule has 0 fully saturated rings. The van der Waals surface area contributed by atoms with Gasteiger partial charge in [0.05, 0.1) is 7.11 Å². The topological polar surface area (TPSA) is 48.3 Å². The maximum atomic E-state index is 12.3. The van der Waals surface area contributed by atoms with E-state index in [1.54, 1.807) is 6.20 Å². The molecule has 0 saturated heterocycles. The van der Waals surface area contributed by atoms with Crippen LogP contribution in [0.4, 0.5) is 0 Å². The molecule has 0 N–H and O–H groups in total. The smallest absolute Gasteiger partial charge is 0.328 e. The number of methoxy groups -OCH3 is 1. The summed E-state index contributed by atoms with van der Waals surface area (Å²) >= 11 is 0. The van der Waals surface area contributed by atoms with Crippen LogP contribution in [0, 0.1) is 0 Å². The summed E-state index contributed by atoms with van der Waals surface area (Å²) in [5, 5.41) is 0.879. The van der Waals surface area contributed by atoms with Crippen molar-refractivity contribution in [3.05, 3.63) is 36.0 Å². The first-order chi connectivity index (χ1) is 11.7. The largest absolute Gasteiger partial charge is 0.467 e. The fraction of sp³-hybridized carbons (Fsp3) is 0.500. The Bertz CT molecular complexity index is 675. The summed E-state index contributed by atoms with van der Waals surface area (Å²) in [6, 6.07) is 7.31. The van der Waals surface area contributed by atoms with Crippen molar-refractivity contribution in [2.24, 2.45) is 0 Å². The van der Waals surface area contributed by atoms with Crippen LogP contribution in [0.2, 0.25) is 0 Å². The molecule has 2 rings (SSSR count). The normalized spacial score (nSPS) is 12.2. The molecule has 4 heteroatoms. The summed E-state index contributed by atoms with van der Waals surface area (Å²) < 4.78 is 6.91. The predicted octanol–water partition coefficient (Wildman–Crippen LogP) is 4.92. The Morgan fingerprint density at radius 2 is 1.88 bits per heavy atom. The zero-order chi connectivity index (χ0) is 17.4. The molecule has 1 heterocycles. The number of unbranched alkanes of at least 4 members (excludes halogenated alkanes) is 5. The quantitative estimate of drug-likeness (QED) is 0.353. The first-order valence-corrected chi connectivity index (χ1v) is 8.85. The molecule has 1 aromatic carbocycles. The average Bonchev–Trinajstić information content (AvgIpc) is 2.99. The SMILES string of the molecule is CCCCCCCCC(C(=O)OC)n1cc(C=O)c2ccccc21. The van der Waals surface area contributed by atoms with E-state index < -0.39 is 0 Å². The van der Waals surface area contributed by atoms with Gasteiger partial charge in [-0.05, 0) is 12.5 Å². The van der Waals surface area contributed by atoms with Gasteiger partial charge in [-0.3, -0.25) is 4.79 Å². The van der Waals surface area contributed by atoms with Crippen molar-refractivity contribution < 1.29 is 14.3 Å². The Morgan fingerprint density at radius 3 is 2.58 bits per heavy atom. The van der Waals surface area contributed by atoms with Crippen LogP contribution in [-0.4, -0.2) is 23.9 Å². The Kier molecular flexibility index (Phi) is 7.04. The summed E-state index contributed by atoms with van der Waals surface area (Å²) in [5.74, 6) is -0.248. The molecule has 0 aliphatic heterocycles. The van der Waals surface area contributed by atoms with Crippen LogP contribution < -0.4 is 0 Å². The van der Waals surface area contributed by atoms with E-state index in [9.17, 15) is 9.59 Å². The van der Waals surface area contributed by atoms with Gasteiger partial charge in [-0.25, -0.2) is 4.79 Å². The summed E-state index contributed by atoms with van der Waals surface area (Å²) in [4.78, 5) is 23.6. The molecule has 1 unspecified atom stereocenters.